The van der Waals surface area contributed by atoms with Gasteiger partial charge >= 0.3 is 0 Å². The third-order valence-corrected chi connectivity index (χ3v) is 6.81. The van der Waals surface area contributed by atoms with E-state index >= 15 is 0 Å². The molecule has 1 aliphatic rings. The first kappa shape index (κ1) is 21.1. The first-order valence-corrected chi connectivity index (χ1v) is 11.1. The molecule has 0 spiro atoms. The summed E-state index contributed by atoms with van der Waals surface area (Å²) in [6.45, 7) is 1.71. The summed E-state index contributed by atoms with van der Waals surface area (Å²) in [7, 11) is -3.46. The van der Waals surface area contributed by atoms with Gasteiger partial charge in [-0.15, -0.1) is 0 Å². The minimum atomic E-state index is -3.46. The number of sulfonamides is 1. The molecule has 1 saturated heterocycles. The Bertz CT molecular complexity index is 960. The topological polar surface area (TPSA) is 75.7 Å². The number of ether oxygens (including phenoxy) is 1. The SMILES string of the molecule is O=C(NCc1ccccc1CS(=O)(=O)N1CCOCC1)c1ccc(Cl)cc1Cl. The molecule has 0 aliphatic carbocycles. The number of hydrogen-bond acceptors (Lipinski definition) is 4. The lowest BCUT2D eigenvalue weighted by Gasteiger charge is -2.26. The number of morpholine rings is 1. The van der Waals surface area contributed by atoms with Crippen molar-refractivity contribution < 1.29 is 17.9 Å². The molecule has 2 aromatic rings. The Morgan fingerprint density at radius 3 is 2.43 bits per heavy atom. The summed E-state index contributed by atoms with van der Waals surface area (Å²) >= 11 is 11.9. The van der Waals surface area contributed by atoms with Crippen molar-refractivity contribution in [2.75, 3.05) is 26.3 Å². The van der Waals surface area contributed by atoms with Crippen LogP contribution < -0.4 is 5.32 Å². The second kappa shape index (κ2) is 9.24. The fourth-order valence-electron chi connectivity index (χ4n) is 2.93. The van der Waals surface area contributed by atoms with E-state index in [-0.39, 0.29) is 23.2 Å². The number of nitrogens with zero attached hydrogens (tertiary/aromatic N) is 1. The zero-order chi connectivity index (χ0) is 20.1. The van der Waals surface area contributed by atoms with Crippen LogP contribution in [0.4, 0.5) is 0 Å². The quantitative estimate of drug-likeness (QED) is 0.745. The molecule has 28 heavy (non-hydrogen) atoms. The van der Waals surface area contributed by atoms with Gasteiger partial charge in [0.25, 0.3) is 5.91 Å². The van der Waals surface area contributed by atoms with Crippen LogP contribution in [0.5, 0.6) is 0 Å². The first-order chi connectivity index (χ1) is 13.4. The van der Waals surface area contributed by atoms with Crippen LogP contribution in [0.1, 0.15) is 21.5 Å². The molecule has 0 bridgehead atoms. The number of amides is 1. The van der Waals surface area contributed by atoms with Crippen molar-refractivity contribution in [1.82, 2.24) is 9.62 Å². The molecule has 0 unspecified atom stereocenters. The zero-order valence-corrected chi connectivity index (χ0v) is 17.4. The van der Waals surface area contributed by atoms with Crippen LogP contribution in [0.15, 0.2) is 42.5 Å². The Morgan fingerprint density at radius 2 is 1.75 bits per heavy atom. The highest BCUT2D eigenvalue weighted by molar-refractivity contribution is 7.88. The van der Waals surface area contributed by atoms with Crippen LogP contribution in [0, 0.1) is 0 Å². The maximum absolute atomic E-state index is 12.7. The van der Waals surface area contributed by atoms with Gasteiger partial charge in [0.1, 0.15) is 0 Å². The van der Waals surface area contributed by atoms with Gasteiger partial charge in [-0.1, -0.05) is 47.5 Å². The molecule has 1 amide bonds. The molecular formula is C19H20Cl2N2O4S. The lowest BCUT2D eigenvalue weighted by Crippen LogP contribution is -2.41. The number of hydrogen-bond donors (Lipinski definition) is 1. The molecule has 0 radical (unpaired) electrons. The molecule has 1 fully saturated rings. The van der Waals surface area contributed by atoms with E-state index in [0.717, 1.165) is 5.56 Å². The smallest absolute Gasteiger partial charge is 0.253 e. The maximum Gasteiger partial charge on any atom is 0.253 e. The summed E-state index contributed by atoms with van der Waals surface area (Å²) in [5.41, 5.74) is 1.69. The molecule has 6 nitrogen and oxygen atoms in total. The van der Waals surface area contributed by atoms with Crippen LogP contribution in [0.25, 0.3) is 0 Å². The molecule has 0 saturated carbocycles. The molecule has 0 atom stereocenters. The van der Waals surface area contributed by atoms with Gasteiger partial charge in [-0.3, -0.25) is 4.79 Å². The van der Waals surface area contributed by atoms with Crippen LogP contribution in [0.2, 0.25) is 10.0 Å². The average molecular weight is 443 g/mol. The number of benzene rings is 2. The van der Waals surface area contributed by atoms with Gasteiger partial charge in [-0.2, -0.15) is 4.31 Å². The summed E-state index contributed by atoms with van der Waals surface area (Å²) in [5.74, 6) is -0.478. The number of carbonyl (C=O) groups is 1. The minimum Gasteiger partial charge on any atom is -0.379 e. The van der Waals surface area contributed by atoms with Gasteiger partial charge in [-0.05, 0) is 29.3 Å². The molecule has 9 heteroatoms. The zero-order valence-electron chi connectivity index (χ0n) is 15.0. The van der Waals surface area contributed by atoms with E-state index in [1.807, 2.05) is 6.07 Å². The largest absolute Gasteiger partial charge is 0.379 e. The third-order valence-electron chi connectivity index (χ3n) is 4.43. The highest BCUT2D eigenvalue weighted by Gasteiger charge is 2.25. The lowest BCUT2D eigenvalue weighted by atomic mass is 10.1. The van der Waals surface area contributed by atoms with E-state index in [2.05, 4.69) is 5.32 Å². The summed E-state index contributed by atoms with van der Waals surface area (Å²) < 4.78 is 32.1. The third kappa shape index (κ3) is 5.24. The highest BCUT2D eigenvalue weighted by Crippen LogP contribution is 2.21. The first-order valence-electron chi connectivity index (χ1n) is 8.72. The van der Waals surface area contributed by atoms with E-state index in [1.54, 1.807) is 30.3 Å². The predicted octanol–water partition coefficient (Wildman–Crippen LogP) is 3.09. The van der Waals surface area contributed by atoms with Crippen LogP contribution in [0.3, 0.4) is 0 Å². The van der Waals surface area contributed by atoms with Crippen LogP contribution in [-0.2, 0) is 27.1 Å². The van der Waals surface area contributed by atoms with Crippen molar-refractivity contribution in [3.63, 3.8) is 0 Å². The Balaban J connectivity index is 1.71. The van der Waals surface area contributed by atoms with E-state index in [4.69, 9.17) is 27.9 Å². The van der Waals surface area contributed by atoms with Crippen molar-refractivity contribution in [2.45, 2.75) is 12.3 Å². The van der Waals surface area contributed by atoms with Crippen molar-refractivity contribution in [1.29, 1.82) is 0 Å². The molecular weight excluding hydrogens is 423 g/mol. The minimum absolute atomic E-state index is 0.124. The molecule has 150 valence electrons. The Kier molecular flexibility index (Phi) is 6.95. The lowest BCUT2D eigenvalue weighted by molar-refractivity contribution is 0.0729. The average Bonchev–Trinajstić information content (AvgIpc) is 2.67. The Hall–Kier alpha value is -1.64. The summed E-state index contributed by atoms with van der Waals surface area (Å²) in [6, 6.07) is 11.8. The van der Waals surface area contributed by atoms with Gasteiger partial charge in [0.05, 0.1) is 29.6 Å². The number of nitrogens with one attached hydrogen (secondary N) is 1. The normalized spacial score (nSPS) is 15.4. The standard InChI is InChI=1S/C19H20Cl2N2O4S/c20-16-5-6-17(18(21)11-16)19(24)22-12-14-3-1-2-4-15(14)13-28(25,26)23-7-9-27-10-8-23/h1-6,11H,7-10,12-13H2,(H,22,24). The molecule has 1 aliphatic heterocycles. The second-order valence-corrected chi connectivity index (χ2v) is 9.16. The maximum atomic E-state index is 12.7. The fraction of sp³-hybridized carbons (Fsp3) is 0.316. The molecule has 1 heterocycles. The number of rotatable bonds is 6. The van der Waals surface area contributed by atoms with Crippen molar-refractivity contribution in [3.8, 4) is 0 Å². The second-order valence-electron chi connectivity index (χ2n) is 6.34. The van der Waals surface area contributed by atoms with E-state index < -0.39 is 10.0 Å². The van der Waals surface area contributed by atoms with Gasteiger partial charge in [0.2, 0.25) is 10.0 Å². The van der Waals surface area contributed by atoms with Crippen LogP contribution >= 0.6 is 23.2 Å². The number of halogens is 2. The summed E-state index contributed by atoms with van der Waals surface area (Å²) in [4.78, 5) is 12.4. The van der Waals surface area contributed by atoms with Gasteiger partial charge in [-0.25, -0.2) is 8.42 Å². The molecule has 1 N–H and O–H groups in total. The van der Waals surface area contributed by atoms with Crippen molar-refractivity contribution >= 4 is 39.1 Å². The number of carbonyl (C=O) groups excluding carboxylic acids is 1. The van der Waals surface area contributed by atoms with Crippen LogP contribution in [-0.4, -0.2) is 44.9 Å². The van der Waals surface area contributed by atoms with Gasteiger partial charge in [0.15, 0.2) is 0 Å². The van der Waals surface area contributed by atoms with Gasteiger partial charge in [0, 0.05) is 24.7 Å². The van der Waals surface area contributed by atoms with Gasteiger partial charge < -0.3 is 10.1 Å². The van der Waals surface area contributed by atoms with E-state index in [9.17, 15) is 13.2 Å². The molecule has 0 aromatic heterocycles. The molecule has 3 rings (SSSR count). The van der Waals surface area contributed by atoms with E-state index in [0.29, 0.717) is 42.5 Å². The van der Waals surface area contributed by atoms with Crippen molar-refractivity contribution in [2.24, 2.45) is 0 Å². The molecule has 2 aromatic carbocycles. The monoisotopic (exact) mass is 442 g/mol. The van der Waals surface area contributed by atoms with Crippen molar-refractivity contribution in [3.05, 3.63) is 69.2 Å². The highest BCUT2D eigenvalue weighted by atomic mass is 35.5. The Morgan fingerprint density at radius 1 is 1.07 bits per heavy atom. The fourth-order valence-corrected chi connectivity index (χ4v) is 4.98. The predicted molar refractivity (Wildman–Crippen MR) is 109 cm³/mol. The summed E-state index contributed by atoms with van der Waals surface area (Å²) in [6.07, 6.45) is 0. The Labute approximate surface area is 174 Å². The van der Waals surface area contributed by atoms with E-state index in [1.165, 1.54) is 10.4 Å². The summed E-state index contributed by atoms with van der Waals surface area (Å²) in [5, 5.41) is 3.49.